The van der Waals surface area contributed by atoms with Crippen LogP contribution in [0.1, 0.15) is 36.0 Å². The van der Waals surface area contributed by atoms with Gasteiger partial charge in [0.05, 0.1) is 11.5 Å². The molecular weight excluding hydrogens is 368 g/mol. The van der Waals surface area contributed by atoms with Crippen LogP contribution in [0.5, 0.6) is 0 Å². The molecule has 1 saturated carbocycles. The molecule has 0 radical (unpaired) electrons. The van der Waals surface area contributed by atoms with Crippen molar-refractivity contribution in [1.29, 1.82) is 0 Å². The van der Waals surface area contributed by atoms with Gasteiger partial charge in [-0.15, -0.1) is 0 Å². The zero-order valence-corrected chi connectivity index (χ0v) is 16.5. The van der Waals surface area contributed by atoms with E-state index in [1.54, 1.807) is 12.1 Å². The first-order valence-corrected chi connectivity index (χ1v) is 10.8. The number of sulfonamides is 1. The standard InChI is InChI=1S/C19H28N2O5S/c1-21(13-19(14-22)7-3-8-19)27(24,25)17-5-2-4-16(10-17)18(23)20-11-15-6-9-26-12-15/h2,4-5,10,15,22H,3,6-9,11-14H2,1H3,(H,20,23)/t15-/m1/s1. The summed E-state index contributed by atoms with van der Waals surface area (Å²) in [5.74, 6) is 0.0246. The molecule has 150 valence electrons. The van der Waals surface area contributed by atoms with Crippen molar-refractivity contribution in [2.45, 2.75) is 30.6 Å². The quantitative estimate of drug-likeness (QED) is 0.689. The maximum atomic E-state index is 12.9. The molecule has 1 heterocycles. The van der Waals surface area contributed by atoms with E-state index in [1.165, 1.54) is 23.5 Å². The molecule has 27 heavy (non-hydrogen) atoms. The lowest BCUT2D eigenvalue weighted by Gasteiger charge is -2.42. The van der Waals surface area contributed by atoms with Crippen molar-refractivity contribution in [2.24, 2.45) is 11.3 Å². The van der Waals surface area contributed by atoms with E-state index >= 15 is 0 Å². The van der Waals surface area contributed by atoms with E-state index in [-0.39, 0.29) is 29.4 Å². The van der Waals surface area contributed by atoms with Crippen molar-refractivity contribution in [2.75, 3.05) is 40.0 Å². The molecule has 0 bridgehead atoms. The van der Waals surface area contributed by atoms with Crippen molar-refractivity contribution in [1.82, 2.24) is 9.62 Å². The molecule has 7 nitrogen and oxygen atoms in total. The van der Waals surface area contributed by atoms with Crippen molar-refractivity contribution in [3.63, 3.8) is 0 Å². The van der Waals surface area contributed by atoms with Gasteiger partial charge in [0.15, 0.2) is 0 Å². The minimum atomic E-state index is -3.72. The van der Waals surface area contributed by atoms with Crippen molar-refractivity contribution < 1.29 is 23.1 Å². The first-order chi connectivity index (χ1) is 12.9. The minimum absolute atomic E-state index is 0.0137. The normalized spacial score (nSPS) is 21.8. The van der Waals surface area contributed by atoms with Gasteiger partial charge in [0.2, 0.25) is 10.0 Å². The van der Waals surface area contributed by atoms with Gasteiger partial charge in [-0.05, 0) is 37.5 Å². The topological polar surface area (TPSA) is 95.9 Å². The molecule has 0 spiro atoms. The number of carbonyl (C=O) groups is 1. The van der Waals surface area contributed by atoms with Gasteiger partial charge in [0.25, 0.3) is 5.91 Å². The average molecular weight is 397 g/mol. The van der Waals surface area contributed by atoms with E-state index in [1.807, 2.05) is 0 Å². The maximum absolute atomic E-state index is 12.9. The van der Waals surface area contributed by atoms with Crippen molar-refractivity contribution in [3.8, 4) is 0 Å². The lowest BCUT2D eigenvalue weighted by atomic mass is 9.69. The highest BCUT2D eigenvalue weighted by Crippen LogP contribution is 2.41. The number of nitrogens with one attached hydrogen (secondary N) is 1. The summed E-state index contributed by atoms with van der Waals surface area (Å²) >= 11 is 0. The van der Waals surface area contributed by atoms with Gasteiger partial charge in [0.1, 0.15) is 0 Å². The molecule has 0 aromatic heterocycles. The Labute approximate surface area is 160 Å². The summed E-state index contributed by atoms with van der Waals surface area (Å²) in [5, 5.41) is 12.5. The fourth-order valence-corrected chi connectivity index (χ4v) is 4.99. The lowest BCUT2D eigenvalue weighted by Crippen LogP contribution is -2.45. The van der Waals surface area contributed by atoms with Gasteiger partial charge in [0, 0.05) is 50.2 Å². The predicted molar refractivity (Wildman–Crippen MR) is 101 cm³/mol. The van der Waals surface area contributed by atoms with E-state index < -0.39 is 10.0 Å². The smallest absolute Gasteiger partial charge is 0.251 e. The number of aliphatic hydroxyl groups excluding tert-OH is 1. The van der Waals surface area contributed by atoms with Crippen LogP contribution in [0, 0.1) is 11.3 Å². The Kier molecular flexibility index (Phi) is 6.20. The Morgan fingerprint density at radius 3 is 2.78 bits per heavy atom. The Balaban J connectivity index is 1.68. The number of rotatable bonds is 8. The van der Waals surface area contributed by atoms with Gasteiger partial charge >= 0.3 is 0 Å². The molecule has 1 atom stereocenters. The van der Waals surface area contributed by atoms with Gasteiger partial charge in [-0.2, -0.15) is 0 Å². The van der Waals surface area contributed by atoms with Gasteiger partial charge in [-0.3, -0.25) is 4.79 Å². The summed E-state index contributed by atoms with van der Waals surface area (Å²) in [5.41, 5.74) is -0.0101. The SMILES string of the molecule is CN(CC1(CO)CCC1)S(=O)(=O)c1cccc(C(=O)NC[C@H]2CCOC2)c1. The summed E-state index contributed by atoms with van der Waals surface area (Å²) in [4.78, 5) is 12.5. The molecule has 2 N–H and O–H groups in total. The Morgan fingerprint density at radius 2 is 2.19 bits per heavy atom. The largest absolute Gasteiger partial charge is 0.396 e. The van der Waals surface area contributed by atoms with Crippen LogP contribution in [0.4, 0.5) is 0 Å². The zero-order chi connectivity index (χ0) is 19.5. The van der Waals surface area contributed by atoms with Crippen molar-refractivity contribution in [3.05, 3.63) is 29.8 Å². The molecule has 1 aliphatic carbocycles. The van der Waals surface area contributed by atoms with Crippen LogP contribution in [0.15, 0.2) is 29.2 Å². The molecule has 8 heteroatoms. The number of hydrogen-bond acceptors (Lipinski definition) is 5. The zero-order valence-electron chi connectivity index (χ0n) is 15.7. The number of hydrogen-bond donors (Lipinski definition) is 2. The summed E-state index contributed by atoms with van der Waals surface area (Å²) in [6.45, 7) is 2.15. The number of amides is 1. The number of aliphatic hydroxyl groups is 1. The fraction of sp³-hybridized carbons (Fsp3) is 0.632. The lowest BCUT2D eigenvalue weighted by molar-refractivity contribution is 0.0311. The second-order valence-corrected chi connectivity index (χ2v) is 9.79. The van der Waals surface area contributed by atoms with Crippen LogP contribution in [0.2, 0.25) is 0 Å². The van der Waals surface area contributed by atoms with E-state index in [4.69, 9.17) is 4.74 Å². The highest BCUT2D eigenvalue weighted by Gasteiger charge is 2.39. The van der Waals surface area contributed by atoms with Crippen LogP contribution >= 0.6 is 0 Å². The first-order valence-electron chi connectivity index (χ1n) is 9.40. The van der Waals surface area contributed by atoms with Gasteiger partial charge in [-0.1, -0.05) is 12.5 Å². The third kappa shape index (κ3) is 4.51. The highest BCUT2D eigenvalue weighted by atomic mass is 32.2. The second-order valence-electron chi connectivity index (χ2n) is 7.74. The minimum Gasteiger partial charge on any atom is -0.396 e. The molecule has 0 unspecified atom stereocenters. The molecule has 2 aliphatic rings. The fourth-order valence-electron chi connectivity index (χ4n) is 3.66. The third-order valence-electron chi connectivity index (χ3n) is 5.69. The van der Waals surface area contributed by atoms with E-state index in [0.29, 0.717) is 24.6 Å². The Bertz CT molecular complexity index is 765. The molecule has 1 amide bonds. The summed E-state index contributed by atoms with van der Waals surface area (Å²) in [6.07, 6.45) is 3.59. The molecular formula is C19H28N2O5S. The highest BCUT2D eigenvalue weighted by molar-refractivity contribution is 7.89. The summed E-state index contributed by atoms with van der Waals surface area (Å²) in [6, 6.07) is 6.11. The van der Waals surface area contributed by atoms with Crippen LogP contribution in [-0.4, -0.2) is 63.7 Å². The third-order valence-corrected chi connectivity index (χ3v) is 7.49. The molecule has 1 aliphatic heterocycles. The Morgan fingerprint density at radius 1 is 1.41 bits per heavy atom. The average Bonchev–Trinajstić information content (AvgIpc) is 3.16. The van der Waals surface area contributed by atoms with E-state index in [0.717, 1.165) is 32.3 Å². The molecule has 3 rings (SSSR count). The van der Waals surface area contributed by atoms with Gasteiger partial charge in [-0.25, -0.2) is 12.7 Å². The van der Waals surface area contributed by atoms with E-state index in [9.17, 15) is 18.3 Å². The molecule has 1 aromatic rings. The second kappa shape index (κ2) is 8.26. The maximum Gasteiger partial charge on any atom is 0.251 e. The number of ether oxygens (including phenoxy) is 1. The molecule has 1 saturated heterocycles. The summed E-state index contributed by atoms with van der Waals surface area (Å²) < 4.78 is 32.4. The first kappa shape index (κ1) is 20.3. The van der Waals surface area contributed by atoms with Crippen LogP contribution < -0.4 is 5.32 Å². The predicted octanol–water partition coefficient (Wildman–Crippen LogP) is 1.24. The van der Waals surface area contributed by atoms with Crippen molar-refractivity contribution >= 4 is 15.9 Å². The monoisotopic (exact) mass is 396 g/mol. The van der Waals surface area contributed by atoms with Crippen LogP contribution in [0.3, 0.4) is 0 Å². The Hall–Kier alpha value is -1.48. The van der Waals surface area contributed by atoms with E-state index in [2.05, 4.69) is 5.32 Å². The number of benzene rings is 1. The van der Waals surface area contributed by atoms with Gasteiger partial charge < -0.3 is 15.2 Å². The van der Waals surface area contributed by atoms with Crippen LogP contribution in [0.25, 0.3) is 0 Å². The summed E-state index contributed by atoms with van der Waals surface area (Å²) in [7, 11) is -2.20. The molecule has 1 aromatic carbocycles. The number of carbonyl (C=O) groups excluding carboxylic acids is 1. The molecule has 2 fully saturated rings. The number of nitrogens with zero attached hydrogens (tertiary/aromatic N) is 1. The van der Waals surface area contributed by atoms with Crippen LogP contribution in [-0.2, 0) is 14.8 Å².